The standard InChI is InChI=1S/C18H21N3O/c22-18(13-15-7-3-1-4-8-15)20-17-10-9-16(14-19-17)21-11-5-2-6-12-21/h1,3-4,7-10,14H,2,5-6,11-13H2,(H,19,20,22). The molecule has 0 atom stereocenters. The molecule has 1 N–H and O–H groups in total. The molecule has 1 fully saturated rings. The van der Waals surface area contributed by atoms with Gasteiger partial charge in [-0.2, -0.15) is 0 Å². The molecule has 0 saturated carbocycles. The van der Waals surface area contributed by atoms with Gasteiger partial charge in [0.15, 0.2) is 0 Å². The summed E-state index contributed by atoms with van der Waals surface area (Å²) in [6.07, 6.45) is 6.03. The van der Waals surface area contributed by atoms with Crippen LogP contribution in [0.3, 0.4) is 0 Å². The van der Waals surface area contributed by atoms with Gasteiger partial charge in [0, 0.05) is 13.1 Å². The molecule has 1 saturated heterocycles. The Balaban J connectivity index is 1.57. The van der Waals surface area contributed by atoms with Gasteiger partial charge in [0.2, 0.25) is 5.91 Å². The lowest BCUT2D eigenvalue weighted by atomic mass is 10.1. The third-order valence-electron chi connectivity index (χ3n) is 3.94. The molecule has 4 heteroatoms. The lowest BCUT2D eigenvalue weighted by molar-refractivity contribution is -0.115. The van der Waals surface area contributed by atoms with Crippen molar-refractivity contribution in [3.63, 3.8) is 0 Å². The average Bonchev–Trinajstić information content (AvgIpc) is 2.57. The van der Waals surface area contributed by atoms with Crippen molar-refractivity contribution in [3.05, 3.63) is 54.2 Å². The van der Waals surface area contributed by atoms with E-state index in [-0.39, 0.29) is 5.91 Å². The zero-order valence-electron chi connectivity index (χ0n) is 12.7. The number of benzene rings is 1. The van der Waals surface area contributed by atoms with Gasteiger partial charge in [-0.15, -0.1) is 0 Å². The van der Waals surface area contributed by atoms with Crippen LogP contribution in [-0.4, -0.2) is 24.0 Å². The number of carbonyl (C=O) groups excluding carboxylic acids is 1. The summed E-state index contributed by atoms with van der Waals surface area (Å²) < 4.78 is 0. The minimum atomic E-state index is -0.0376. The molecule has 1 aromatic carbocycles. The van der Waals surface area contributed by atoms with Crippen LogP contribution in [-0.2, 0) is 11.2 Å². The first-order chi connectivity index (χ1) is 10.8. The largest absolute Gasteiger partial charge is 0.370 e. The molecule has 1 aliphatic heterocycles. The normalized spacial score (nSPS) is 14.6. The molecule has 0 spiro atoms. The summed E-state index contributed by atoms with van der Waals surface area (Å²) in [5, 5.41) is 2.85. The topological polar surface area (TPSA) is 45.2 Å². The second-order valence-electron chi connectivity index (χ2n) is 5.66. The Kier molecular flexibility index (Phi) is 4.68. The molecule has 1 aromatic heterocycles. The van der Waals surface area contributed by atoms with E-state index in [0.29, 0.717) is 12.2 Å². The van der Waals surface area contributed by atoms with Gasteiger partial charge in [0.25, 0.3) is 0 Å². The van der Waals surface area contributed by atoms with E-state index in [1.807, 2.05) is 48.7 Å². The van der Waals surface area contributed by atoms with E-state index in [2.05, 4.69) is 15.2 Å². The monoisotopic (exact) mass is 295 g/mol. The lowest BCUT2D eigenvalue weighted by Crippen LogP contribution is -2.29. The van der Waals surface area contributed by atoms with Crippen LogP contribution in [0.25, 0.3) is 0 Å². The van der Waals surface area contributed by atoms with E-state index in [1.54, 1.807) is 0 Å². The summed E-state index contributed by atoms with van der Waals surface area (Å²) in [6, 6.07) is 13.6. The Morgan fingerprint density at radius 1 is 1.05 bits per heavy atom. The SMILES string of the molecule is O=C(Cc1ccccc1)Nc1ccc(N2CCCCC2)cn1. The van der Waals surface area contributed by atoms with Crippen LogP contribution in [0, 0.1) is 0 Å². The third kappa shape index (κ3) is 3.85. The molecule has 114 valence electrons. The van der Waals surface area contributed by atoms with Gasteiger partial charge in [0.1, 0.15) is 5.82 Å². The molecule has 2 heterocycles. The van der Waals surface area contributed by atoms with Crippen molar-refractivity contribution in [1.82, 2.24) is 4.98 Å². The summed E-state index contributed by atoms with van der Waals surface area (Å²) in [6.45, 7) is 2.20. The molecule has 22 heavy (non-hydrogen) atoms. The number of pyridine rings is 1. The number of piperidine rings is 1. The van der Waals surface area contributed by atoms with Gasteiger partial charge in [-0.25, -0.2) is 4.98 Å². The van der Waals surface area contributed by atoms with Gasteiger partial charge >= 0.3 is 0 Å². The lowest BCUT2D eigenvalue weighted by Gasteiger charge is -2.28. The molecular weight excluding hydrogens is 274 g/mol. The number of carbonyl (C=O) groups is 1. The predicted octanol–water partition coefficient (Wildman–Crippen LogP) is 3.25. The minimum absolute atomic E-state index is 0.0376. The summed E-state index contributed by atoms with van der Waals surface area (Å²) in [5.74, 6) is 0.575. The van der Waals surface area contributed by atoms with Crippen molar-refractivity contribution in [2.24, 2.45) is 0 Å². The zero-order chi connectivity index (χ0) is 15.2. The molecule has 2 aromatic rings. The number of rotatable bonds is 4. The molecule has 0 bridgehead atoms. The molecule has 0 radical (unpaired) electrons. The molecule has 0 aliphatic carbocycles. The number of hydrogen-bond acceptors (Lipinski definition) is 3. The van der Waals surface area contributed by atoms with Crippen LogP contribution >= 0.6 is 0 Å². The van der Waals surface area contributed by atoms with E-state index >= 15 is 0 Å². The van der Waals surface area contributed by atoms with E-state index in [1.165, 1.54) is 19.3 Å². The molecule has 1 aliphatic rings. The third-order valence-corrected chi connectivity index (χ3v) is 3.94. The zero-order valence-corrected chi connectivity index (χ0v) is 12.7. The number of anilines is 2. The van der Waals surface area contributed by atoms with Crippen molar-refractivity contribution >= 4 is 17.4 Å². The smallest absolute Gasteiger partial charge is 0.229 e. The number of amides is 1. The Labute approximate surface area is 131 Å². The van der Waals surface area contributed by atoms with Gasteiger partial charge in [-0.3, -0.25) is 4.79 Å². The molecule has 3 rings (SSSR count). The first-order valence-electron chi connectivity index (χ1n) is 7.86. The highest BCUT2D eigenvalue weighted by molar-refractivity contribution is 5.91. The number of hydrogen-bond donors (Lipinski definition) is 1. The highest BCUT2D eigenvalue weighted by atomic mass is 16.1. The maximum Gasteiger partial charge on any atom is 0.229 e. The second-order valence-corrected chi connectivity index (χ2v) is 5.66. The summed E-state index contributed by atoms with van der Waals surface area (Å²) in [7, 11) is 0. The Bertz CT molecular complexity index is 604. The average molecular weight is 295 g/mol. The Morgan fingerprint density at radius 3 is 2.50 bits per heavy atom. The van der Waals surface area contributed by atoms with Crippen molar-refractivity contribution in [3.8, 4) is 0 Å². The van der Waals surface area contributed by atoms with E-state index in [4.69, 9.17) is 0 Å². The summed E-state index contributed by atoms with van der Waals surface area (Å²) in [5.41, 5.74) is 2.14. The Morgan fingerprint density at radius 2 is 1.82 bits per heavy atom. The fourth-order valence-electron chi connectivity index (χ4n) is 2.77. The van der Waals surface area contributed by atoms with E-state index < -0.39 is 0 Å². The van der Waals surface area contributed by atoms with E-state index in [9.17, 15) is 4.79 Å². The maximum atomic E-state index is 12.0. The fourth-order valence-corrected chi connectivity index (χ4v) is 2.77. The highest BCUT2D eigenvalue weighted by Gasteiger charge is 2.11. The molecule has 0 unspecified atom stereocenters. The second kappa shape index (κ2) is 7.07. The van der Waals surface area contributed by atoms with Crippen LogP contribution in [0.4, 0.5) is 11.5 Å². The van der Waals surface area contributed by atoms with Crippen LogP contribution in [0.2, 0.25) is 0 Å². The molecule has 1 amide bonds. The van der Waals surface area contributed by atoms with E-state index in [0.717, 1.165) is 24.3 Å². The predicted molar refractivity (Wildman–Crippen MR) is 89.1 cm³/mol. The van der Waals surface area contributed by atoms with Gasteiger partial charge in [-0.05, 0) is 37.0 Å². The van der Waals surface area contributed by atoms with Gasteiger partial charge < -0.3 is 10.2 Å². The molecule has 4 nitrogen and oxygen atoms in total. The number of aromatic nitrogens is 1. The van der Waals surface area contributed by atoms with Crippen LogP contribution in [0.1, 0.15) is 24.8 Å². The summed E-state index contributed by atoms with van der Waals surface area (Å²) >= 11 is 0. The van der Waals surface area contributed by atoms with Crippen LogP contribution in [0.5, 0.6) is 0 Å². The quantitative estimate of drug-likeness (QED) is 0.941. The number of nitrogens with one attached hydrogen (secondary N) is 1. The highest BCUT2D eigenvalue weighted by Crippen LogP contribution is 2.20. The Hall–Kier alpha value is -2.36. The van der Waals surface area contributed by atoms with Crippen molar-refractivity contribution in [1.29, 1.82) is 0 Å². The maximum absolute atomic E-state index is 12.0. The van der Waals surface area contributed by atoms with Gasteiger partial charge in [0.05, 0.1) is 18.3 Å². The molecular formula is C18H21N3O. The van der Waals surface area contributed by atoms with Crippen LogP contribution < -0.4 is 10.2 Å². The first kappa shape index (κ1) is 14.6. The first-order valence-corrected chi connectivity index (χ1v) is 7.86. The number of nitrogens with zero attached hydrogens (tertiary/aromatic N) is 2. The van der Waals surface area contributed by atoms with Crippen molar-refractivity contribution < 1.29 is 4.79 Å². The minimum Gasteiger partial charge on any atom is -0.370 e. The van der Waals surface area contributed by atoms with Crippen molar-refractivity contribution in [2.75, 3.05) is 23.3 Å². The van der Waals surface area contributed by atoms with Crippen LogP contribution in [0.15, 0.2) is 48.7 Å². The summed E-state index contributed by atoms with van der Waals surface area (Å²) in [4.78, 5) is 18.7. The van der Waals surface area contributed by atoms with Crippen molar-refractivity contribution in [2.45, 2.75) is 25.7 Å². The van der Waals surface area contributed by atoms with Gasteiger partial charge in [-0.1, -0.05) is 30.3 Å². The fraction of sp³-hybridized carbons (Fsp3) is 0.333.